The van der Waals surface area contributed by atoms with Crippen LogP contribution in [-0.2, 0) is 65.4 Å². The van der Waals surface area contributed by atoms with E-state index >= 15 is 0 Å². The predicted molar refractivity (Wildman–Crippen MR) is 335 cm³/mol. The first-order valence-electron chi connectivity index (χ1n) is 34.1. The van der Waals surface area contributed by atoms with Crippen molar-refractivity contribution in [2.45, 2.75) is 348 Å². The van der Waals surface area contributed by atoms with E-state index < -0.39 is 97.5 Å². The van der Waals surface area contributed by atoms with Gasteiger partial charge in [-0.1, -0.05) is 279 Å². The Morgan fingerprint density at radius 2 is 0.548 bits per heavy atom. The Labute approximate surface area is 511 Å². The summed E-state index contributed by atoms with van der Waals surface area (Å²) in [5, 5.41) is 10.5. The number of aliphatic hydroxyl groups excluding tert-OH is 1. The van der Waals surface area contributed by atoms with Gasteiger partial charge >= 0.3 is 39.5 Å². The van der Waals surface area contributed by atoms with Crippen molar-refractivity contribution in [2.75, 3.05) is 39.6 Å². The Morgan fingerprint density at radius 1 is 0.321 bits per heavy atom. The molecular weight excluding hydrogens is 1110 g/mol. The van der Waals surface area contributed by atoms with Crippen LogP contribution in [0.5, 0.6) is 0 Å². The smallest absolute Gasteiger partial charge is 0.462 e. The van der Waals surface area contributed by atoms with Gasteiger partial charge in [0.25, 0.3) is 0 Å². The number of aliphatic hydroxyl groups is 1. The van der Waals surface area contributed by atoms with Gasteiger partial charge < -0.3 is 33.8 Å². The van der Waals surface area contributed by atoms with Crippen LogP contribution in [0.2, 0.25) is 0 Å². The van der Waals surface area contributed by atoms with Crippen molar-refractivity contribution in [1.82, 2.24) is 0 Å². The van der Waals surface area contributed by atoms with Gasteiger partial charge in [0, 0.05) is 25.7 Å². The maximum atomic E-state index is 13.0. The highest BCUT2D eigenvalue weighted by atomic mass is 31.2. The molecule has 0 heterocycles. The van der Waals surface area contributed by atoms with Crippen LogP contribution in [0.15, 0.2) is 0 Å². The van der Waals surface area contributed by atoms with Gasteiger partial charge in [0.15, 0.2) is 12.2 Å². The van der Waals surface area contributed by atoms with Crippen LogP contribution in [-0.4, -0.2) is 96.7 Å². The highest BCUT2D eigenvalue weighted by Crippen LogP contribution is 2.45. The van der Waals surface area contributed by atoms with Gasteiger partial charge in [-0.2, -0.15) is 0 Å². The van der Waals surface area contributed by atoms with Gasteiger partial charge in [0.2, 0.25) is 0 Å². The maximum absolute atomic E-state index is 13.0. The molecule has 0 fully saturated rings. The summed E-state index contributed by atoms with van der Waals surface area (Å²) in [5.41, 5.74) is 0. The molecule has 0 aliphatic carbocycles. The fourth-order valence-corrected chi connectivity index (χ4v) is 11.3. The third-order valence-electron chi connectivity index (χ3n) is 15.0. The number of unbranched alkanes of at least 4 members (excludes halogenated alkanes) is 37. The minimum Gasteiger partial charge on any atom is -0.462 e. The average molecular weight is 1240 g/mol. The van der Waals surface area contributed by atoms with Crippen LogP contribution in [0.25, 0.3) is 0 Å². The second kappa shape index (κ2) is 58.7. The molecule has 19 heteroatoms. The zero-order chi connectivity index (χ0) is 62.0. The fourth-order valence-electron chi connectivity index (χ4n) is 9.76. The van der Waals surface area contributed by atoms with Crippen molar-refractivity contribution in [2.24, 2.45) is 5.92 Å². The number of hydrogen-bond acceptors (Lipinski definition) is 15. The number of ether oxygens (including phenoxy) is 4. The SMILES string of the molecule is CCCCCCCCCCCCCCCCCCCCCCCC(=O)O[C@H](COC(=O)CCCCCCCCC(C)C)COP(=O)(O)OC[C@@H](O)COP(=O)(O)OC[C@@H](COC(=O)CCCCCCCCC)OC(=O)CCCCCCCCC. The maximum Gasteiger partial charge on any atom is 0.472 e. The zero-order valence-corrected chi connectivity index (χ0v) is 55.8. The van der Waals surface area contributed by atoms with Gasteiger partial charge in [-0.05, 0) is 31.6 Å². The number of phosphoric ester groups is 2. The van der Waals surface area contributed by atoms with Crippen molar-refractivity contribution in [3.63, 3.8) is 0 Å². The van der Waals surface area contributed by atoms with Crippen LogP contribution < -0.4 is 0 Å². The van der Waals surface area contributed by atoms with Crippen LogP contribution >= 0.6 is 15.6 Å². The molecule has 5 atom stereocenters. The lowest BCUT2D eigenvalue weighted by Gasteiger charge is -2.21. The van der Waals surface area contributed by atoms with Gasteiger partial charge in [-0.3, -0.25) is 37.3 Å². The Kier molecular flexibility index (Phi) is 57.4. The Hall–Kier alpha value is -1.94. The third kappa shape index (κ3) is 59.0. The number of hydrogen-bond donors (Lipinski definition) is 3. The van der Waals surface area contributed by atoms with Gasteiger partial charge in [0.05, 0.1) is 26.4 Å². The molecule has 0 aliphatic rings. The molecule has 0 bridgehead atoms. The van der Waals surface area contributed by atoms with Crippen molar-refractivity contribution in [3.8, 4) is 0 Å². The van der Waals surface area contributed by atoms with Crippen molar-refractivity contribution in [3.05, 3.63) is 0 Å². The summed E-state index contributed by atoms with van der Waals surface area (Å²) in [4.78, 5) is 71.9. The predicted octanol–water partition coefficient (Wildman–Crippen LogP) is 18.2. The molecule has 3 N–H and O–H groups in total. The minimum absolute atomic E-state index is 0.103. The quantitative estimate of drug-likeness (QED) is 0.0222. The lowest BCUT2D eigenvalue weighted by Crippen LogP contribution is -2.30. The first-order valence-corrected chi connectivity index (χ1v) is 37.1. The molecule has 0 spiro atoms. The van der Waals surface area contributed by atoms with Crippen LogP contribution in [0.4, 0.5) is 0 Å². The van der Waals surface area contributed by atoms with E-state index in [4.69, 9.17) is 37.0 Å². The minimum atomic E-state index is -4.94. The molecule has 0 aliphatic heterocycles. The second-order valence-electron chi connectivity index (χ2n) is 24.0. The van der Waals surface area contributed by atoms with E-state index in [-0.39, 0.29) is 25.7 Å². The Bertz CT molecular complexity index is 1640. The molecule has 0 aromatic heterocycles. The lowest BCUT2D eigenvalue weighted by atomic mass is 10.0. The van der Waals surface area contributed by atoms with Crippen molar-refractivity contribution < 1.29 is 80.2 Å². The second-order valence-corrected chi connectivity index (χ2v) is 26.9. The average Bonchev–Trinajstić information content (AvgIpc) is 3.60. The van der Waals surface area contributed by atoms with E-state index in [2.05, 4.69) is 34.6 Å². The number of esters is 4. The monoisotopic (exact) mass is 1240 g/mol. The molecule has 84 heavy (non-hydrogen) atoms. The first-order chi connectivity index (χ1) is 40.5. The highest BCUT2D eigenvalue weighted by Gasteiger charge is 2.30. The molecule has 17 nitrogen and oxygen atoms in total. The van der Waals surface area contributed by atoms with Crippen molar-refractivity contribution >= 4 is 39.5 Å². The summed E-state index contributed by atoms with van der Waals surface area (Å²) in [5.74, 6) is -1.46. The molecular formula is C65H126O17P2. The summed E-state index contributed by atoms with van der Waals surface area (Å²) in [6.45, 7) is 7.03. The number of carbonyl (C=O) groups is 4. The summed E-state index contributed by atoms with van der Waals surface area (Å²) < 4.78 is 67.8. The zero-order valence-electron chi connectivity index (χ0n) is 54.0. The molecule has 0 saturated carbocycles. The summed E-state index contributed by atoms with van der Waals surface area (Å²) >= 11 is 0. The van der Waals surface area contributed by atoms with E-state index in [1.807, 2.05) is 0 Å². The van der Waals surface area contributed by atoms with Gasteiger partial charge in [0.1, 0.15) is 19.3 Å². The molecule has 0 rings (SSSR count). The van der Waals surface area contributed by atoms with E-state index in [1.165, 1.54) is 122 Å². The Morgan fingerprint density at radius 3 is 0.810 bits per heavy atom. The summed E-state index contributed by atoms with van der Waals surface area (Å²) in [6, 6.07) is 0. The van der Waals surface area contributed by atoms with Crippen molar-refractivity contribution in [1.29, 1.82) is 0 Å². The van der Waals surface area contributed by atoms with E-state index in [1.54, 1.807) is 0 Å². The molecule has 0 radical (unpaired) electrons. The number of phosphoric acid groups is 2. The topological polar surface area (TPSA) is 237 Å². The van der Waals surface area contributed by atoms with Crippen LogP contribution in [0.3, 0.4) is 0 Å². The Balaban J connectivity index is 5.06. The van der Waals surface area contributed by atoms with E-state index in [0.717, 1.165) is 122 Å². The molecule has 0 aromatic rings. The molecule has 0 aromatic carbocycles. The lowest BCUT2D eigenvalue weighted by molar-refractivity contribution is -0.161. The van der Waals surface area contributed by atoms with Crippen LogP contribution in [0, 0.1) is 5.92 Å². The largest absolute Gasteiger partial charge is 0.472 e. The standard InChI is InChI=1S/C65H126O17P2/c1-6-9-12-15-18-19-20-21-22-23-24-25-26-27-28-29-30-31-34-41-46-51-65(70)82-61(55-76-63(68)49-44-39-36-35-37-42-47-58(4)5)57-80-84(73,74)78-53-59(66)52-77-83(71,72)79-56-60(81-64(69)50-45-40-33-17-14-11-8-3)54-75-62(67)48-43-38-32-16-13-10-7-2/h58-61,66H,6-57H2,1-5H3,(H,71,72)(H,73,74)/t59-,60+,61+/m0/s1. The molecule has 498 valence electrons. The molecule has 2 unspecified atom stereocenters. The van der Waals surface area contributed by atoms with Gasteiger partial charge in [-0.15, -0.1) is 0 Å². The van der Waals surface area contributed by atoms with Crippen LogP contribution in [0.1, 0.15) is 330 Å². The normalized spacial score (nSPS) is 14.2. The number of carbonyl (C=O) groups excluding carboxylic acids is 4. The fraction of sp³-hybridized carbons (Fsp3) is 0.938. The molecule has 0 amide bonds. The van der Waals surface area contributed by atoms with E-state index in [0.29, 0.717) is 31.6 Å². The summed E-state index contributed by atoms with van der Waals surface area (Å²) in [7, 11) is -9.87. The highest BCUT2D eigenvalue weighted by molar-refractivity contribution is 7.47. The summed E-state index contributed by atoms with van der Waals surface area (Å²) in [6.07, 6.45) is 43.8. The third-order valence-corrected chi connectivity index (χ3v) is 16.9. The van der Waals surface area contributed by atoms with Gasteiger partial charge in [-0.25, -0.2) is 9.13 Å². The van der Waals surface area contributed by atoms with E-state index in [9.17, 15) is 43.2 Å². The number of rotatable bonds is 65. The molecule has 0 saturated heterocycles. The first kappa shape index (κ1) is 82.1.